The van der Waals surface area contributed by atoms with Gasteiger partial charge in [-0.15, -0.1) is 0 Å². The third kappa shape index (κ3) is 16.1. The lowest BCUT2D eigenvalue weighted by Gasteiger charge is -2.38. The molecule has 87 heavy (non-hydrogen) atoms. The van der Waals surface area contributed by atoms with Gasteiger partial charge >= 0.3 is 41.8 Å². The predicted octanol–water partition coefficient (Wildman–Crippen LogP) is 7.84. The highest BCUT2D eigenvalue weighted by molar-refractivity contribution is 5.84. The zero-order valence-corrected chi connectivity index (χ0v) is 50.4. The Balaban J connectivity index is 0.961. The van der Waals surface area contributed by atoms with Gasteiger partial charge < -0.3 is 71.1 Å². The maximum Gasteiger partial charge on any atom is 0.318 e. The van der Waals surface area contributed by atoms with Crippen LogP contribution in [0.15, 0.2) is 121 Å². The van der Waals surface area contributed by atoms with Crippen molar-refractivity contribution in [3.8, 4) is 0 Å². The van der Waals surface area contributed by atoms with Crippen LogP contribution in [0.4, 0.5) is 0 Å². The molecule has 470 valence electrons. The van der Waals surface area contributed by atoms with Crippen LogP contribution in [0.25, 0.3) is 0 Å². The minimum atomic E-state index is -1.96. The smallest absolute Gasteiger partial charge is 0.318 e. The molecule has 4 aliphatic heterocycles. The summed E-state index contributed by atoms with van der Waals surface area (Å²) in [7, 11) is 0. The average Bonchev–Trinajstić information content (AvgIpc) is 3.03. The molecule has 4 aromatic carbocycles. The summed E-state index contributed by atoms with van der Waals surface area (Å²) in [5.41, 5.74) is -8.25. The average molecular weight is 1210 g/mol. The summed E-state index contributed by atoms with van der Waals surface area (Å²) >= 11 is 0. The molecular formula is C65H78O22. The fraction of sp³-hybridized carbons (Fsp3) is 0.523. The van der Waals surface area contributed by atoms with Gasteiger partial charge in [-0.3, -0.25) is 33.6 Å². The summed E-state index contributed by atoms with van der Waals surface area (Å²) in [5, 5.41) is 0. The number of ether oxygens (including phenoxy) is 15. The molecule has 0 aliphatic carbocycles. The van der Waals surface area contributed by atoms with Crippen LogP contribution in [0.5, 0.6) is 0 Å². The van der Waals surface area contributed by atoms with Gasteiger partial charge in [0, 0.05) is 22.3 Å². The molecular weight excluding hydrogens is 1130 g/mol. The molecule has 4 saturated heterocycles. The number of benzene rings is 4. The maximum absolute atomic E-state index is 14.6. The fourth-order valence-electron chi connectivity index (χ4n) is 9.30. The molecule has 0 spiro atoms. The molecule has 8 rings (SSSR count). The normalized spacial score (nSPS) is 27.7. The largest absolute Gasteiger partial charge is 0.465 e. The summed E-state index contributed by atoms with van der Waals surface area (Å²) < 4.78 is 88.0. The van der Waals surface area contributed by atoms with Crippen molar-refractivity contribution in [3.05, 3.63) is 144 Å². The zero-order chi connectivity index (χ0) is 62.5. The topological polar surface area (TPSA) is 258 Å². The SMILES string of the molecule is CCOC(=O)C(C)(COC(=O)C(C)(COC(=O)C1(C)COC(c2ccccc2)OC1)COC(=O)C1(C)COC(c2ccccc2)OC1)COC(=O)C(C)(COC(=O)C1(C)COC(c2ccccc2)OC1)COC(=O)C1(C)COC(c2ccccc2)OC1. The second kappa shape index (κ2) is 28.3. The highest BCUT2D eigenvalue weighted by Crippen LogP contribution is 2.39. The van der Waals surface area contributed by atoms with Gasteiger partial charge in [-0.05, 0) is 55.4 Å². The predicted molar refractivity (Wildman–Crippen MR) is 303 cm³/mol. The highest BCUT2D eigenvalue weighted by Gasteiger charge is 2.51. The van der Waals surface area contributed by atoms with Gasteiger partial charge in [0.25, 0.3) is 0 Å². The fourth-order valence-corrected chi connectivity index (χ4v) is 9.30. The molecule has 0 atom stereocenters. The van der Waals surface area contributed by atoms with Gasteiger partial charge in [0.05, 0.1) is 59.5 Å². The number of hydrogen-bond acceptors (Lipinski definition) is 22. The minimum Gasteiger partial charge on any atom is -0.465 e. The van der Waals surface area contributed by atoms with Crippen LogP contribution < -0.4 is 0 Å². The molecule has 4 aromatic rings. The quantitative estimate of drug-likeness (QED) is 0.0478. The Morgan fingerprint density at radius 2 is 0.517 bits per heavy atom. The first-order valence-corrected chi connectivity index (χ1v) is 28.8. The standard InChI is InChI=1S/C65H78O22/c1-9-73-52(66)63(6,38-82-57(71)64(7,40-84-53(67)59(2)30-74-48(75-31-59)44-22-14-10-15-23-44)41-85-54(68)60(3)32-76-49(77-33-60)45-24-16-11-17-25-45)39-83-58(72)65(8,42-86-55(69)61(4)34-78-50(79-35-61)46-26-18-12-19-27-46)43-87-56(70)62(5)36-80-51(81-37-62)47-28-20-13-21-29-47/h10-29,48-51H,9,30-43H2,1-8H3. The van der Waals surface area contributed by atoms with E-state index in [1.807, 2.05) is 121 Å². The van der Waals surface area contributed by atoms with Crippen molar-refractivity contribution in [2.75, 3.05) is 99.1 Å². The molecule has 4 fully saturated rings. The molecule has 0 radical (unpaired) electrons. The van der Waals surface area contributed by atoms with Crippen molar-refractivity contribution in [1.82, 2.24) is 0 Å². The second-order valence-corrected chi connectivity index (χ2v) is 24.6. The van der Waals surface area contributed by atoms with E-state index in [4.69, 9.17) is 71.1 Å². The van der Waals surface area contributed by atoms with E-state index in [1.165, 1.54) is 20.8 Å². The van der Waals surface area contributed by atoms with Crippen molar-refractivity contribution < 1.29 is 105 Å². The Morgan fingerprint density at radius 3 is 0.713 bits per heavy atom. The first-order chi connectivity index (χ1) is 41.4. The Bertz CT molecular complexity index is 2610. The number of esters is 7. The zero-order valence-electron chi connectivity index (χ0n) is 50.4. The lowest BCUT2D eigenvalue weighted by atomic mass is 9.89. The summed E-state index contributed by atoms with van der Waals surface area (Å²) in [6.07, 6.45) is -2.98. The van der Waals surface area contributed by atoms with E-state index in [9.17, 15) is 33.6 Å². The number of carbonyl (C=O) groups is 7. The van der Waals surface area contributed by atoms with Gasteiger partial charge in [-0.25, -0.2) is 0 Å². The molecule has 0 bridgehead atoms. The van der Waals surface area contributed by atoms with Gasteiger partial charge in [-0.1, -0.05) is 121 Å². The second-order valence-electron chi connectivity index (χ2n) is 24.6. The highest BCUT2D eigenvalue weighted by atomic mass is 16.7. The van der Waals surface area contributed by atoms with Crippen molar-refractivity contribution in [1.29, 1.82) is 0 Å². The molecule has 0 saturated carbocycles. The van der Waals surface area contributed by atoms with Crippen molar-refractivity contribution in [3.63, 3.8) is 0 Å². The van der Waals surface area contributed by atoms with Crippen molar-refractivity contribution >= 4 is 41.8 Å². The van der Waals surface area contributed by atoms with Crippen LogP contribution in [0.3, 0.4) is 0 Å². The van der Waals surface area contributed by atoms with Crippen LogP contribution in [-0.4, -0.2) is 141 Å². The number of carbonyl (C=O) groups excluding carboxylic acids is 7. The van der Waals surface area contributed by atoms with Gasteiger partial charge in [0.15, 0.2) is 25.2 Å². The third-order valence-electron chi connectivity index (χ3n) is 15.6. The lowest BCUT2D eigenvalue weighted by molar-refractivity contribution is -0.240. The summed E-state index contributed by atoms with van der Waals surface area (Å²) in [5.74, 6) is -6.34. The molecule has 0 unspecified atom stereocenters. The van der Waals surface area contributed by atoms with Gasteiger partial charge in [0.2, 0.25) is 0 Å². The molecule has 22 nitrogen and oxygen atoms in total. The van der Waals surface area contributed by atoms with Crippen LogP contribution >= 0.6 is 0 Å². The van der Waals surface area contributed by atoms with E-state index in [1.54, 1.807) is 34.6 Å². The van der Waals surface area contributed by atoms with Crippen molar-refractivity contribution in [2.45, 2.75) is 80.6 Å². The van der Waals surface area contributed by atoms with E-state index in [0.29, 0.717) is 0 Å². The Hall–Kier alpha value is -7.15. The number of hydrogen-bond donors (Lipinski definition) is 0. The van der Waals surface area contributed by atoms with E-state index in [-0.39, 0.29) is 59.5 Å². The van der Waals surface area contributed by atoms with Gasteiger partial charge in [-0.2, -0.15) is 0 Å². The number of rotatable bonds is 24. The Labute approximate surface area is 505 Å². The van der Waals surface area contributed by atoms with E-state index in [2.05, 4.69) is 0 Å². The molecule has 4 heterocycles. The molecule has 22 heteroatoms. The Kier molecular flexibility index (Phi) is 21.4. The van der Waals surface area contributed by atoms with Gasteiger partial charge in [0.1, 0.15) is 77.5 Å². The maximum atomic E-state index is 14.6. The lowest BCUT2D eigenvalue weighted by Crippen LogP contribution is -2.50. The third-order valence-corrected chi connectivity index (χ3v) is 15.6. The van der Waals surface area contributed by atoms with Crippen LogP contribution in [0, 0.1) is 37.9 Å². The van der Waals surface area contributed by atoms with E-state index in [0.717, 1.165) is 22.3 Å². The van der Waals surface area contributed by atoms with Crippen molar-refractivity contribution in [2.24, 2.45) is 37.9 Å². The van der Waals surface area contributed by atoms with E-state index < -0.39 is 144 Å². The molecule has 0 N–H and O–H groups in total. The molecule has 0 amide bonds. The van der Waals surface area contributed by atoms with Crippen LogP contribution in [-0.2, 0) is 105 Å². The monoisotopic (exact) mass is 1210 g/mol. The summed E-state index contributed by atoms with van der Waals surface area (Å²) in [6, 6.07) is 36.6. The first-order valence-electron chi connectivity index (χ1n) is 28.8. The first kappa shape index (κ1) is 65.8. The van der Waals surface area contributed by atoms with E-state index >= 15 is 0 Å². The van der Waals surface area contributed by atoms with Crippen LogP contribution in [0.2, 0.25) is 0 Å². The van der Waals surface area contributed by atoms with Crippen LogP contribution in [0.1, 0.15) is 103 Å². The molecule has 0 aromatic heterocycles. The summed E-state index contributed by atoms with van der Waals surface area (Å²) in [4.78, 5) is 99.0. The Morgan fingerprint density at radius 1 is 0.333 bits per heavy atom. The molecule has 4 aliphatic rings. The minimum absolute atomic E-state index is 0.109. The summed E-state index contributed by atoms with van der Waals surface area (Å²) in [6.45, 7) is 6.43.